The van der Waals surface area contributed by atoms with Gasteiger partial charge in [-0.3, -0.25) is 9.69 Å². The number of amides is 1. The van der Waals surface area contributed by atoms with Crippen LogP contribution in [-0.2, 0) is 6.54 Å². The zero-order valence-corrected chi connectivity index (χ0v) is 19.0. The number of carbonyl (C=O) groups is 1. The van der Waals surface area contributed by atoms with Crippen molar-refractivity contribution in [2.24, 2.45) is 0 Å². The summed E-state index contributed by atoms with van der Waals surface area (Å²) in [6.45, 7) is 4.02. The predicted molar refractivity (Wildman–Crippen MR) is 127 cm³/mol. The molecule has 3 aromatic carbocycles. The Morgan fingerprint density at radius 3 is 2.45 bits per heavy atom. The second kappa shape index (κ2) is 10.0. The summed E-state index contributed by atoms with van der Waals surface area (Å²) in [7, 11) is 1.53. The number of phenolic OH excluding ortho intramolecular Hbond substituents is 1. The number of nitrogens with zero attached hydrogens (tertiary/aromatic N) is 2. The van der Waals surface area contributed by atoms with Gasteiger partial charge in [-0.25, -0.2) is 4.39 Å². The normalized spacial score (nSPS) is 14.8. The lowest BCUT2D eigenvalue weighted by Gasteiger charge is -2.38. The van der Waals surface area contributed by atoms with Crippen molar-refractivity contribution in [1.29, 1.82) is 0 Å². The summed E-state index contributed by atoms with van der Waals surface area (Å²) in [4.78, 5) is 17.5. The molecule has 0 spiro atoms. The van der Waals surface area contributed by atoms with E-state index in [1.165, 1.54) is 13.2 Å². The Bertz CT molecular complexity index is 1110. The van der Waals surface area contributed by atoms with Crippen molar-refractivity contribution in [2.75, 3.05) is 25.1 Å². The molecule has 0 bridgehead atoms. The van der Waals surface area contributed by atoms with Gasteiger partial charge in [0, 0.05) is 36.9 Å². The number of phenols is 1. The fourth-order valence-corrected chi connectivity index (χ4v) is 4.37. The molecular formula is C27H29FN2O3. The van der Waals surface area contributed by atoms with Crippen LogP contribution in [0.4, 0.5) is 10.1 Å². The van der Waals surface area contributed by atoms with E-state index in [0.717, 1.165) is 31.5 Å². The van der Waals surface area contributed by atoms with Crippen molar-refractivity contribution in [3.63, 3.8) is 0 Å². The van der Waals surface area contributed by atoms with Gasteiger partial charge < -0.3 is 14.7 Å². The lowest BCUT2D eigenvalue weighted by Crippen LogP contribution is -2.47. The van der Waals surface area contributed by atoms with Crippen molar-refractivity contribution in [3.8, 4) is 11.5 Å². The molecule has 0 unspecified atom stereocenters. The highest BCUT2D eigenvalue weighted by molar-refractivity contribution is 6.06. The van der Waals surface area contributed by atoms with Crippen molar-refractivity contribution in [2.45, 2.75) is 32.4 Å². The Balaban J connectivity index is 1.51. The maximum absolute atomic E-state index is 14.4. The first-order valence-corrected chi connectivity index (χ1v) is 11.2. The highest BCUT2D eigenvalue weighted by Gasteiger charge is 2.30. The number of piperidine rings is 1. The van der Waals surface area contributed by atoms with Crippen LogP contribution < -0.4 is 9.64 Å². The number of hydrogen-bond donors (Lipinski definition) is 1. The van der Waals surface area contributed by atoms with Crippen LogP contribution in [-0.4, -0.2) is 42.2 Å². The minimum atomic E-state index is -0.310. The summed E-state index contributed by atoms with van der Waals surface area (Å²) in [6.07, 6.45) is 1.55. The molecule has 1 saturated heterocycles. The van der Waals surface area contributed by atoms with E-state index < -0.39 is 0 Å². The Labute approximate surface area is 194 Å². The van der Waals surface area contributed by atoms with Crippen molar-refractivity contribution in [1.82, 2.24) is 4.90 Å². The van der Waals surface area contributed by atoms with Crippen molar-refractivity contribution >= 4 is 11.6 Å². The Kier molecular flexibility index (Phi) is 6.94. The molecule has 3 aromatic rings. The smallest absolute Gasteiger partial charge is 0.258 e. The van der Waals surface area contributed by atoms with E-state index in [1.807, 2.05) is 30.3 Å². The van der Waals surface area contributed by atoms with Crippen LogP contribution in [0.25, 0.3) is 0 Å². The average Bonchev–Trinajstić information content (AvgIpc) is 2.83. The van der Waals surface area contributed by atoms with Gasteiger partial charge in [0.1, 0.15) is 5.82 Å². The number of methoxy groups -OCH3 is 1. The maximum atomic E-state index is 14.4. The van der Waals surface area contributed by atoms with Gasteiger partial charge in [0.15, 0.2) is 11.5 Å². The number of anilines is 1. The molecule has 1 aliphatic rings. The number of halogens is 1. The Morgan fingerprint density at radius 2 is 1.82 bits per heavy atom. The minimum absolute atomic E-state index is 0.0275. The third-order valence-corrected chi connectivity index (χ3v) is 6.24. The van der Waals surface area contributed by atoms with Crippen LogP contribution in [0.2, 0.25) is 0 Å². The van der Waals surface area contributed by atoms with E-state index in [0.29, 0.717) is 29.1 Å². The van der Waals surface area contributed by atoms with E-state index in [9.17, 15) is 14.3 Å². The largest absolute Gasteiger partial charge is 0.504 e. The molecule has 1 aliphatic heterocycles. The molecule has 6 heteroatoms. The Hall–Kier alpha value is -3.38. The number of hydrogen-bond acceptors (Lipinski definition) is 4. The summed E-state index contributed by atoms with van der Waals surface area (Å²) < 4.78 is 19.5. The third kappa shape index (κ3) is 5.17. The van der Waals surface area contributed by atoms with E-state index in [2.05, 4.69) is 4.90 Å². The predicted octanol–water partition coefficient (Wildman–Crippen LogP) is 5.16. The molecule has 0 radical (unpaired) electrons. The van der Waals surface area contributed by atoms with Crippen LogP contribution >= 0.6 is 0 Å². The molecular weight excluding hydrogens is 419 g/mol. The van der Waals surface area contributed by atoms with Gasteiger partial charge in [-0.2, -0.15) is 0 Å². The molecule has 172 valence electrons. The lowest BCUT2D eigenvalue weighted by atomic mass is 9.99. The van der Waals surface area contributed by atoms with E-state index in [-0.39, 0.29) is 23.5 Å². The SMILES string of the molecule is COc1ccc(CN2CCC(N(C(=O)c3ccccc3)c3ccc(C)c(F)c3)CC2)cc1O. The third-order valence-electron chi connectivity index (χ3n) is 6.24. The van der Waals surface area contributed by atoms with Gasteiger partial charge >= 0.3 is 0 Å². The fraction of sp³-hybridized carbons (Fsp3) is 0.296. The number of aryl methyl sites for hydroxylation is 1. The van der Waals surface area contributed by atoms with E-state index >= 15 is 0 Å². The highest BCUT2D eigenvalue weighted by Crippen LogP contribution is 2.30. The molecule has 0 aromatic heterocycles. The van der Waals surface area contributed by atoms with Gasteiger partial charge in [-0.05, 0) is 67.3 Å². The van der Waals surface area contributed by atoms with Crippen LogP contribution in [0.15, 0.2) is 66.7 Å². The first kappa shape index (κ1) is 22.8. The topological polar surface area (TPSA) is 53.0 Å². The standard InChI is InChI=1S/C27H29FN2O3/c1-19-8-10-23(17-24(19)28)30(27(32)21-6-4-3-5-7-21)22-12-14-29(15-13-22)18-20-9-11-26(33-2)25(31)16-20/h3-11,16-17,22,31H,12-15,18H2,1-2H3. The van der Waals surface area contributed by atoms with E-state index in [4.69, 9.17) is 4.74 Å². The summed E-state index contributed by atoms with van der Waals surface area (Å²) in [5.74, 6) is 0.163. The summed E-state index contributed by atoms with van der Waals surface area (Å²) in [5.41, 5.74) is 2.74. The molecule has 1 heterocycles. The quantitative estimate of drug-likeness (QED) is 0.566. The highest BCUT2D eigenvalue weighted by atomic mass is 19.1. The van der Waals surface area contributed by atoms with E-state index in [1.54, 1.807) is 42.2 Å². The molecule has 0 atom stereocenters. The second-order valence-electron chi connectivity index (χ2n) is 8.49. The molecule has 1 fully saturated rings. The number of aromatic hydroxyl groups is 1. The average molecular weight is 449 g/mol. The number of likely N-dealkylation sites (tertiary alicyclic amines) is 1. The van der Waals surface area contributed by atoms with Gasteiger partial charge in [0.25, 0.3) is 5.91 Å². The molecule has 33 heavy (non-hydrogen) atoms. The molecule has 5 nitrogen and oxygen atoms in total. The second-order valence-corrected chi connectivity index (χ2v) is 8.49. The molecule has 0 aliphatic carbocycles. The molecule has 0 saturated carbocycles. The monoisotopic (exact) mass is 448 g/mol. The summed E-state index contributed by atoms with van der Waals surface area (Å²) in [6, 6.07) is 19.6. The summed E-state index contributed by atoms with van der Waals surface area (Å²) >= 11 is 0. The first-order chi connectivity index (χ1) is 16.0. The lowest BCUT2D eigenvalue weighted by molar-refractivity contribution is 0.0958. The minimum Gasteiger partial charge on any atom is -0.504 e. The molecule has 1 N–H and O–H groups in total. The molecule has 4 rings (SSSR count). The van der Waals surface area contributed by atoms with Crippen LogP contribution in [0, 0.1) is 12.7 Å². The van der Waals surface area contributed by atoms with Crippen molar-refractivity contribution in [3.05, 3.63) is 89.2 Å². The zero-order chi connectivity index (χ0) is 23.4. The van der Waals surface area contributed by atoms with Crippen LogP contribution in [0.3, 0.4) is 0 Å². The first-order valence-electron chi connectivity index (χ1n) is 11.2. The Morgan fingerprint density at radius 1 is 1.09 bits per heavy atom. The van der Waals surface area contributed by atoms with Gasteiger partial charge in [0.05, 0.1) is 7.11 Å². The number of rotatable bonds is 6. The van der Waals surface area contributed by atoms with Gasteiger partial charge in [0.2, 0.25) is 0 Å². The number of benzene rings is 3. The zero-order valence-electron chi connectivity index (χ0n) is 19.0. The fourth-order valence-electron chi connectivity index (χ4n) is 4.37. The van der Waals surface area contributed by atoms with Crippen LogP contribution in [0.5, 0.6) is 11.5 Å². The van der Waals surface area contributed by atoms with Gasteiger partial charge in [-0.1, -0.05) is 30.3 Å². The maximum Gasteiger partial charge on any atom is 0.258 e. The summed E-state index contributed by atoms with van der Waals surface area (Å²) in [5, 5.41) is 10.1. The molecule has 1 amide bonds. The van der Waals surface area contributed by atoms with Crippen molar-refractivity contribution < 1.29 is 19.0 Å². The number of ether oxygens (including phenoxy) is 1. The van der Waals surface area contributed by atoms with Gasteiger partial charge in [-0.15, -0.1) is 0 Å². The van der Waals surface area contributed by atoms with Crippen LogP contribution in [0.1, 0.15) is 34.3 Å². The number of carbonyl (C=O) groups excluding carboxylic acids is 1.